The van der Waals surface area contributed by atoms with Crippen LogP contribution in [0.3, 0.4) is 0 Å². The molecule has 0 aromatic heterocycles. The highest BCUT2D eigenvalue weighted by molar-refractivity contribution is 5.34. The molecule has 2 atom stereocenters. The summed E-state index contributed by atoms with van der Waals surface area (Å²) in [4.78, 5) is 2.78. The van der Waals surface area contributed by atoms with E-state index < -0.39 is 0 Å². The van der Waals surface area contributed by atoms with E-state index in [0.717, 1.165) is 12.6 Å². The van der Waals surface area contributed by atoms with Gasteiger partial charge in [-0.25, -0.2) is 0 Å². The van der Waals surface area contributed by atoms with Gasteiger partial charge in [-0.2, -0.15) is 0 Å². The molecule has 1 saturated carbocycles. The van der Waals surface area contributed by atoms with E-state index >= 15 is 0 Å². The summed E-state index contributed by atoms with van der Waals surface area (Å²) in [7, 11) is 0. The van der Waals surface area contributed by atoms with E-state index in [-0.39, 0.29) is 0 Å². The fourth-order valence-corrected chi connectivity index (χ4v) is 3.84. The van der Waals surface area contributed by atoms with Gasteiger partial charge >= 0.3 is 0 Å². The van der Waals surface area contributed by atoms with Crippen LogP contribution in [0, 0.1) is 19.8 Å². The Morgan fingerprint density at radius 2 is 1.95 bits per heavy atom. The highest BCUT2D eigenvalue weighted by Gasteiger charge is 2.39. The minimum absolute atomic E-state index is 0.551. The Morgan fingerprint density at radius 3 is 2.65 bits per heavy atom. The van der Waals surface area contributed by atoms with Gasteiger partial charge in [0.15, 0.2) is 0 Å². The Bertz CT molecular complexity index is 464. The number of likely N-dealkylation sites (tertiary alicyclic amines) is 1. The molecule has 0 amide bonds. The molecule has 2 fully saturated rings. The van der Waals surface area contributed by atoms with Gasteiger partial charge in [0, 0.05) is 12.1 Å². The Balaban J connectivity index is 2.00. The van der Waals surface area contributed by atoms with E-state index in [2.05, 4.69) is 36.9 Å². The maximum Gasteiger partial charge on any atom is 0.0393 e. The number of nitrogens with two attached hydrogens (primary N) is 1. The lowest BCUT2D eigenvalue weighted by atomic mass is 9.86. The van der Waals surface area contributed by atoms with Crippen molar-refractivity contribution in [2.24, 2.45) is 11.7 Å². The van der Waals surface area contributed by atoms with Crippen molar-refractivity contribution in [3.05, 3.63) is 34.9 Å². The minimum Gasteiger partial charge on any atom is -0.330 e. The molecule has 2 nitrogen and oxygen atoms in total. The second kappa shape index (κ2) is 5.87. The number of aryl methyl sites for hydroxylation is 2. The second-order valence-electron chi connectivity index (χ2n) is 6.77. The monoisotopic (exact) mass is 272 g/mol. The first-order valence-electron chi connectivity index (χ1n) is 8.23. The molecule has 1 saturated heterocycles. The summed E-state index contributed by atoms with van der Waals surface area (Å²) in [5.41, 5.74) is 10.5. The quantitative estimate of drug-likeness (QED) is 0.911. The van der Waals surface area contributed by atoms with Crippen molar-refractivity contribution in [3.63, 3.8) is 0 Å². The van der Waals surface area contributed by atoms with Gasteiger partial charge in [0.25, 0.3) is 0 Å². The van der Waals surface area contributed by atoms with Gasteiger partial charge in [0.05, 0.1) is 0 Å². The van der Waals surface area contributed by atoms with Crippen molar-refractivity contribution in [2.75, 3.05) is 13.1 Å². The van der Waals surface area contributed by atoms with E-state index in [9.17, 15) is 0 Å². The smallest absolute Gasteiger partial charge is 0.0393 e. The topological polar surface area (TPSA) is 29.3 Å². The first-order chi connectivity index (χ1) is 9.70. The zero-order valence-electron chi connectivity index (χ0n) is 12.9. The molecule has 1 aromatic carbocycles. The van der Waals surface area contributed by atoms with Crippen LogP contribution in [0.5, 0.6) is 0 Å². The van der Waals surface area contributed by atoms with Crippen molar-refractivity contribution in [2.45, 2.75) is 58.0 Å². The molecule has 2 heteroatoms. The Kier molecular flexibility index (Phi) is 4.13. The van der Waals surface area contributed by atoms with Crippen LogP contribution in [0.1, 0.15) is 54.8 Å². The number of rotatable bonds is 3. The maximum atomic E-state index is 6.14. The lowest BCUT2D eigenvalue weighted by Gasteiger charge is -2.36. The van der Waals surface area contributed by atoms with E-state index in [1.54, 1.807) is 0 Å². The summed E-state index contributed by atoms with van der Waals surface area (Å²) in [6, 6.07) is 8.30. The molecule has 1 aliphatic heterocycles. The van der Waals surface area contributed by atoms with Crippen molar-refractivity contribution >= 4 is 0 Å². The van der Waals surface area contributed by atoms with Crippen LogP contribution in [-0.2, 0) is 0 Å². The normalized spacial score (nSPS) is 28.4. The van der Waals surface area contributed by atoms with Crippen LogP contribution in [0.4, 0.5) is 0 Å². The van der Waals surface area contributed by atoms with E-state index in [1.165, 1.54) is 55.3 Å². The maximum absolute atomic E-state index is 6.14. The lowest BCUT2D eigenvalue weighted by Crippen LogP contribution is -2.37. The summed E-state index contributed by atoms with van der Waals surface area (Å²) in [5, 5.41) is 0. The van der Waals surface area contributed by atoms with Gasteiger partial charge in [-0.3, -0.25) is 4.90 Å². The Morgan fingerprint density at radius 1 is 1.15 bits per heavy atom. The van der Waals surface area contributed by atoms with E-state index in [0.29, 0.717) is 12.0 Å². The molecule has 110 valence electrons. The molecular formula is C18H28N2. The minimum atomic E-state index is 0.551. The fourth-order valence-electron chi connectivity index (χ4n) is 3.84. The van der Waals surface area contributed by atoms with Gasteiger partial charge in [-0.1, -0.05) is 30.2 Å². The summed E-state index contributed by atoms with van der Waals surface area (Å²) < 4.78 is 0. The number of nitrogens with zero attached hydrogens (tertiary/aromatic N) is 1. The number of hydrogen-bond donors (Lipinski definition) is 1. The van der Waals surface area contributed by atoms with Crippen LogP contribution in [0.2, 0.25) is 0 Å². The molecular weight excluding hydrogens is 244 g/mol. The molecule has 2 unspecified atom stereocenters. The number of hydrogen-bond acceptors (Lipinski definition) is 2. The van der Waals surface area contributed by atoms with Gasteiger partial charge in [-0.05, 0) is 69.7 Å². The van der Waals surface area contributed by atoms with Crippen molar-refractivity contribution < 1.29 is 0 Å². The standard InChI is InChI=1S/C18H28N2/c1-13-6-7-14(2)17(11-13)18-15(12-19)5-3-4-10-20(18)16-8-9-16/h6-7,11,15-16,18H,3-5,8-10,12,19H2,1-2H3. The van der Waals surface area contributed by atoms with Crippen molar-refractivity contribution in [3.8, 4) is 0 Å². The third-order valence-electron chi connectivity index (χ3n) is 5.12. The molecule has 2 aliphatic rings. The molecule has 1 heterocycles. The van der Waals surface area contributed by atoms with Gasteiger partial charge < -0.3 is 5.73 Å². The summed E-state index contributed by atoms with van der Waals surface area (Å²) in [6.07, 6.45) is 6.75. The SMILES string of the molecule is Cc1ccc(C)c(C2C(CN)CCCCN2C2CC2)c1. The largest absolute Gasteiger partial charge is 0.330 e. The van der Waals surface area contributed by atoms with Gasteiger partial charge in [-0.15, -0.1) is 0 Å². The third kappa shape index (κ3) is 2.77. The van der Waals surface area contributed by atoms with E-state index in [4.69, 9.17) is 5.73 Å². The lowest BCUT2D eigenvalue weighted by molar-refractivity contribution is 0.148. The van der Waals surface area contributed by atoms with Crippen molar-refractivity contribution in [1.82, 2.24) is 4.90 Å². The zero-order chi connectivity index (χ0) is 14.1. The molecule has 3 rings (SSSR count). The number of benzene rings is 1. The van der Waals surface area contributed by atoms with Crippen LogP contribution >= 0.6 is 0 Å². The molecule has 1 aliphatic carbocycles. The fraction of sp³-hybridized carbons (Fsp3) is 0.667. The van der Waals surface area contributed by atoms with E-state index in [1.807, 2.05) is 0 Å². The molecule has 0 spiro atoms. The van der Waals surface area contributed by atoms with Crippen LogP contribution in [0.25, 0.3) is 0 Å². The van der Waals surface area contributed by atoms with Crippen molar-refractivity contribution in [1.29, 1.82) is 0 Å². The highest BCUT2D eigenvalue weighted by Crippen LogP contribution is 2.42. The molecule has 20 heavy (non-hydrogen) atoms. The van der Waals surface area contributed by atoms with Crippen LogP contribution in [0.15, 0.2) is 18.2 Å². The van der Waals surface area contributed by atoms with Crippen LogP contribution < -0.4 is 5.73 Å². The average Bonchev–Trinajstić information content (AvgIpc) is 3.26. The first-order valence-corrected chi connectivity index (χ1v) is 8.23. The molecule has 0 bridgehead atoms. The summed E-state index contributed by atoms with van der Waals surface area (Å²) >= 11 is 0. The molecule has 0 radical (unpaired) electrons. The predicted molar refractivity (Wildman–Crippen MR) is 84.8 cm³/mol. The third-order valence-corrected chi connectivity index (χ3v) is 5.12. The predicted octanol–water partition coefficient (Wildman–Crippen LogP) is 3.57. The highest BCUT2D eigenvalue weighted by atomic mass is 15.2. The molecule has 2 N–H and O–H groups in total. The second-order valence-corrected chi connectivity index (χ2v) is 6.77. The Hall–Kier alpha value is -0.860. The zero-order valence-corrected chi connectivity index (χ0v) is 12.9. The molecule has 1 aromatic rings. The first kappa shape index (κ1) is 14.1. The van der Waals surface area contributed by atoms with Gasteiger partial charge in [0.2, 0.25) is 0 Å². The van der Waals surface area contributed by atoms with Gasteiger partial charge in [0.1, 0.15) is 0 Å². The summed E-state index contributed by atoms with van der Waals surface area (Å²) in [5.74, 6) is 0.624. The summed E-state index contributed by atoms with van der Waals surface area (Å²) in [6.45, 7) is 6.55. The van der Waals surface area contributed by atoms with Crippen LogP contribution in [-0.4, -0.2) is 24.0 Å². The average molecular weight is 272 g/mol. The Labute approximate surface area is 123 Å².